The molecule has 3 heterocycles. The molecule has 2 aliphatic rings. The van der Waals surface area contributed by atoms with Crippen molar-refractivity contribution in [2.45, 2.75) is 56.4 Å². The monoisotopic (exact) mass is 735 g/mol. The number of nitrogens with one attached hydrogen (secondary N) is 2. The average molecular weight is 736 g/mol. The van der Waals surface area contributed by atoms with Gasteiger partial charge in [0.1, 0.15) is 17.8 Å². The van der Waals surface area contributed by atoms with Crippen molar-refractivity contribution in [3.63, 3.8) is 0 Å². The third kappa shape index (κ3) is 8.32. The number of nitrogens with zero attached hydrogens (tertiary/aromatic N) is 3. The van der Waals surface area contributed by atoms with Crippen LogP contribution < -0.4 is 15.4 Å². The lowest BCUT2D eigenvalue weighted by molar-refractivity contribution is -0.143. The zero-order chi connectivity index (χ0) is 36.4. The largest absolute Gasteiger partial charge is 0.494 e. The maximum atomic E-state index is 14.3. The molecule has 0 aliphatic carbocycles. The average Bonchev–Trinajstić information content (AvgIpc) is 3.67. The van der Waals surface area contributed by atoms with Gasteiger partial charge in [0.25, 0.3) is 5.91 Å². The van der Waals surface area contributed by atoms with E-state index >= 15 is 0 Å². The van der Waals surface area contributed by atoms with E-state index in [1.165, 1.54) is 28.9 Å². The van der Waals surface area contributed by atoms with E-state index < -0.39 is 42.7 Å². The van der Waals surface area contributed by atoms with Crippen molar-refractivity contribution >= 4 is 58.3 Å². The zero-order valence-corrected chi connectivity index (χ0v) is 29.5. The third-order valence-corrected chi connectivity index (χ3v) is 10.9. The highest BCUT2D eigenvalue weighted by atomic mass is 32.1. The summed E-state index contributed by atoms with van der Waals surface area (Å²) < 4.78 is 46.2. The third-order valence-electron chi connectivity index (χ3n) is 8.84. The first kappa shape index (κ1) is 37.3. The van der Waals surface area contributed by atoms with E-state index in [0.717, 1.165) is 36.4 Å². The van der Waals surface area contributed by atoms with Gasteiger partial charge in [-0.1, -0.05) is 6.07 Å². The number of alkyl halides is 2. The number of ether oxygens (including phenoxy) is 1. The summed E-state index contributed by atoms with van der Waals surface area (Å²) in [5, 5.41) is 5.72. The Labute approximate surface area is 291 Å². The Morgan fingerprint density at radius 2 is 1.80 bits per heavy atom. The van der Waals surface area contributed by atoms with E-state index in [1.54, 1.807) is 24.3 Å². The molecule has 0 bridgehead atoms. The Balaban J connectivity index is 1.31. The minimum Gasteiger partial charge on any atom is -0.494 e. The lowest BCUT2D eigenvalue weighted by Gasteiger charge is -2.38. The van der Waals surface area contributed by atoms with Gasteiger partial charge in [0.05, 0.1) is 11.5 Å². The Morgan fingerprint density at radius 3 is 2.46 bits per heavy atom. The fraction of sp³-hybridized carbons (Fsp3) is 0.455. The number of carbonyl (C=O) groups is 4. The summed E-state index contributed by atoms with van der Waals surface area (Å²) in [6.07, 6.45) is 2.22. The van der Waals surface area contributed by atoms with Crippen LogP contribution in [0.4, 0.5) is 14.5 Å². The summed E-state index contributed by atoms with van der Waals surface area (Å²) in [6, 6.07) is 8.87. The molecule has 17 heteroatoms. The molecular formula is C33H40F2N5O8PS. The van der Waals surface area contributed by atoms with Gasteiger partial charge in [-0.25, -0.2) is 0 Å². The van der Waals surface area contributed by atoms with Crippen LogP contribution in [0.5, 0.6) is 5.75 Å². The van der Waals surface area contributed by atoms with Gasteiger partial charge in [-0.2, -0.15) is 8.78 Å². The minimum atomic E-state index is -5.80. The quantitative estimate of drug-likeness (QED) is 0.169. The number of thiophene rings is 1. The van der Waals surface area contributed by atoms with Crippen LogP contribution in [0.25, 0.3) is 10.1 Å². The number of halogens is 2. The Kier molecular flexibility index (Phi) is 11.3. The topological polar surface area (TPSA) is 169 Å². The van der Waals surface area contributed by atoms with Gasteiger partial charge in [-0.05, 0) is 87.6 Å². The van der Waals surface area contributed by atoms with Gasteiger partial charge < -0.3 is 39.9 Å². The molecule has 0 radical (unpaired) electrons. The molecule has 2 aromatic carbocycles. The molecule has 13 nitrogen and oxygen atoms in total. The molecule has 50 heavy (non-hydrogen) atoms. The van der Waals surface area contributed by atoms with Gasteiger partial charge in [0, 0.05) is 48.6 Å². The van der Waals surface area contributed by atoms with Crippen molar-refractivity contribution in [3.05, 3.63) is 59.0 Å². The van der Waals surface area contributed by atoms with E-state index in [9.17, 15) is 32.5 Å². The van der Waals surface area contributed by atoms with E-state index in [1.807, 2.05) is 14.1 Å². The summed E-state index contributed by atoms with van der Waals surface area (Å²) in [6.45, 7) is 2.97. The van der Waals surface area contributed by atoms with Crippen LogP contribution in [0.2, 0.25) is 0 Å². The zero-order valence-electron chi connectivity index (χ0n) is 27.8. The first-order chi connectivity index (χ1) is 23.5. The fourth-order valence-electron chi connectivity index (χ4n) is 6.20. The van der Waals surface area contributed by atoms with Crippen LogP contribution in [0.3, 0.4) is 0 Å². The number of rotatable bonds is 11. The summed E-state index contributed by atoms with van der Waals surface area (Å²) in [4.78, 5) is 77.0. The molecule has 0 spiro atoms. The number of benzene rings is 2. The van der Waals surface area contributed by atoms with Crippen molar-refractivity contribution < 1.29 is 47.0 Å². The van der Waals surface area contributed by atoms with Crippen LogP contribution in [0.1, 0.15) is 47.8 Å². The van der Waals surface area contributed by atoms with Crippen molar-refractivity contribution in [1.82, 2.24) is 20.0 Å². The Hall–Kier alpha value is -3.95. The highest BCUT2D eigenvalue weighted by Gasteiger charge is 2.50. The number of fused-ring (bicyclic) bond motifs is 2. The fourth-order valence-corrected chi connectivity index (χ4v) is 7.62. The van der Waals surface area contributed by atoms with Gasteiger partial charge in [0.15, 0.2) is 0 Å². The van der Waals surface area contributed by atoms with Crippen molar-refractivity contribution in [1.29, 1.82) is 0 Å². The Bertz CT molecular complexity index is 1800. The maximum absolute atomic E-state index is 14.3. The lowest BCUT2D eigenvalue weighted by atomic mass is 10.1. The number of anilines is 1. The molecule has 3 aromatic rings. The molecule has 1 unspecified atom stereocenters. The van der Waals surface area contributed by atoms with Crippen molar-refractivity contribution in [3.8, 4) is 5.75 Å². The molecule has 2 fully saturated rings. The summed E-state index contributed by atoms with van der Waals surface area (Å²) in [7, 11) is -1.83. The lowest BCUT2D eigenvalue weighted by Crippen LogP contribution is -2.60. The van der Waals surface area contributed by atoms with Gasteiger partial charge in [-0.15, -0.1) is 11.3 Å². The van der Waals surface area contributed by atoms with Gasteiger partial charge in [-0.3, -0.25) is 23.7 Å². The second kappa shape index (κ2) is 15.1. The van der Waals surface area contributed by atoms with Crippen molar-refractivity contribution in [2.24, 2.45) is 0 Å². The van der Waals surface area contributed by atoms with Crippen molar-refractivity contribution in [2.75, 3.05) is 45.7 Å². The molecule has 0 saturated carbocycles. The molecular weight excluding hydrogens is 695 g/mol. The van der Waals surface area contributed by atoms with Crippen LogP contribution in [-0.2, 0) is 24.6 Å². The number of carbonyl (C=O) groups excluding carboxylic acids is 4. The molecule has 1 aromatic heterocycles. The maximum Gasteiger partial charge on any atom is 0.399 e. The predicted octanol–water partition coefficient (Wildman–Crippen LogP) is 3.81. The van der Waals surface area contributed by atoms with Gasteiger partial charge in [0.2, 0.25) is 17.7 Å². The van der Waals surface area contributed by atoms with Gasteiger partial charge >= 0.3 is 13.3 Å². The van der Waals surface area contributed by atoms with E-state index in [2.05, 4.69) is 15.5 Å². The van der Waals surface area contributed by atoms with E-state index in [0.29, 0.717) is 48.6 Å². The molecule has 4 N–H and O–H groups in total. The highest BCUT2D eigenvalue weighted by Crippen LogP contribution is 2.59. The minimum absolute atomic E-state index is 0.0540. The number of hydrogen-bond acceptors (Lipinski definition) is 8. The first-order valence-corrected chi connectivity index (χ1v) is 18.5. The number of hydrogen-bond donors (Lipinski definition) is 4. The van der Waals surface area contributed by atoms with E-state index in [-0.39, 0.29) is 34.7 Å². The predicted molar refractivity (Wildman–Crippen MR) is 183 cm³/mol. The smallest absolute Gasteiger partial charge is 0.399 e. The SMILES string of the molecule is CC(=O)N1CC[C@H]2CC[C@@H](C(=O)Nc3ccc(OCCCN(C)C)cc3)N2C(=O)C(NC(=O)c2cc3cc(C(F)(F)P(=O)(O)O)ccc3s2)C1. The second-order valence-electron chi connectivity index (χ2n) is 12.7. The van der Waals surface area contributed by atoms with Crippen LogP contribution in [-0.4, -0.2) is 107 Å². The van der Waals surface area contributed by atoms with E-state index in [4.69, 9.17) is 14.5 Å². The normalized spacial score (nSPS) is 20.0. The second-order valence-corrected chi connectivity index (χ2v) is 15.5. The molecule has 2 saturated heterocycles. The molecule has 2 aliphatic heterocycles. The first-order valence-electron chi connectivity index (χ1n) is 16.1. The van der Waals surface area contributed by atoms with Crippen LogP contribution in [0.15, 0.2) is 48.5 Å². The molecule has 3 atom stereocenters. The highest BCUT2D eigenvalue weighted by molar-refractivity contribution is 7.52. The summed E-state index contributed by atoms with van der Waals surface area (Å²) in [5.74, 6) is -1.26. The molecule has 5 rings (SSSR count). The summed E-state index contributed by atoms with van der Waals surface area (Å²) in [5.41, 5.74) is -4.80. The molecule has 270 valence electrons. The van der Waals surface area contributed by atoms with Crippen LogP contribution >= 0.6 is 18.9 Å². The van der Waals surface area contributed by atoms with Crippen LogP contribution in [0, 0.1) is 0 Å². The Morgan fingerprint density at radius 1 is 1.08 bits per heavy atom. The number of amides is 4. The standard InChI is InChI=1S/C33H40F2N5O8PS/c1-20(41)39-15-13-24-8-11-27(30(42)36-23-6-9-25(10-7-23)48-16-4-14-38(2)3)40(24)32(44)26(19-39)37-31(43)29-18-21-17-22(5-12-28(21)50-29)33(34,35)49(45,46)47/h5-7,9-10,12,17-18,24,26-27H,4,8,11,13-16,19H2,1-3H3,(H,36,42)(H,37,43)(H2,45,46,47)/t24-,26?,27+/m1/s1. The molecule has 4 amide bonds. The summed E-state index contributed by atoms with van der Waals surface area (Å²) >= 11 is 0.940.